The van der Waals surface area contributed by atoms with Crippen molar-refractivity contribution >= 4 is 11.9 Å². The molecule has 4 heteroatoms. The van der Waals surface area contributed by atoms with Crippen LogP contribution in [0.5, 0.6) is 0 Å². The van der Waals surface area contributed by atoms with Gasteiger partial charge in [0.2, 0.25) is 0 Å². The van der Waals surface area contributed by atoms with E-state index >= 15 is 0 Å². The van der Waals surface area contributed by atoms with Crippen LogP contribution in [-0.4, -0.2) is 25.2 Å². The fourth-order valence-electron chi connectivity index (χ4n) is 2.61. The summed E-state index contributed by atoms with van der Waals surface area (Å²) in [5, 5.41) is 0. The predicted molar refractivity (Wildman–Crippen MR) is 97.7 cm³/mol. The topological polar surface area (TPSA) is 52.6 Å². The van der Waals surface area contributed by atoms with Crippen LogP contribution in [0, 0.1) is 17.8 Å². The highest BCUT2D eigenvalue weighted by Gasteiger charge is 2.20. The molecule has 0 heterocycles. The molecule has 0 amide bonds. The number of rotatable bonds is 14. The molecule has 2 atom stereocenters. The minimum Gasteiger partial charge on any atom is -0.465 e. The molecule has 0 aromatic heterocycles. The Morgan fingerprint density at radius 1 is 0.750 bits per heavy atom. The summed E-state index contributed by atoms with van der Waals surface area (Å²) in [5.41, 5.74) is 0. The van der Waals surface area contributed by atoms with Crippen LogP contribution < -0.4 is 0 Å². The van der Waals surface area contributed by atoms with Gasteiger partial charge in [-0.05, 0) is 25.7 Å². The Labute approximate surface area is 148 Å². The maximum absolute atomic E-state index is 12.1. The highest BCUT2D eigenvalue weighted by molar-refractivity contribution is 5.72. The van der Waals surface area contributed by atoms with Gasteiger partial charge in [0.05, 0.1) is 25.0 Å². The van der Waals surface area contributed by atoms with Crippen molar-refractivity contribution in [3.8, 4) is 0 Å². The zero-order chi connectivity index (χ0) is 18.4. The Bertz CT molecular complexity index is 309. The average Bonchev–Trinajstić information content (AvgIpc) is 2.59. The zero-order valence-corrected chi connectivity index (χ0v) is 16.4. The van der Waals surface area contributed by atoms with E-state index in [9.17, 15) is 9.59 Å². The first kappa shape index (κ1) is 22.9. The van der Waals surface area contributed by atoms with Crippen molar-refractivity contribution in [1.29, 1.82) is 0 Å². The van der Waals surface area contributed by atoms with E-state index in [-0.39, 0.29) is 29.7 Å². The summed E-state index contributed by atoms with van der Waals surface area (Å²) < 4.78 is 10.8. The van der Waals surface area contributed by atoms with Gasteiger partial charge in [0.1, 0.15) is 0 Å². The number of carbonyl (C=O) groups is 2. The molecule has 142 valence electrons. The lowest BCUT2D eigenvalue weighted by molar-refractivity contribution is -0.154. The molecule has 0 aromatic rings. The Hall–Kier alpha value is -1.06. The van der Waals surface area contributed by atoms with Gasteiger partial charge in [-0.15, -0.1) is 0 Å². The van der Waals surface area contributed by atoms with Crippen molar-refractivity contribution in [1.82, 2.24) is 0 Å². The Balaban J connectivity index is 4.09. The first-order valence-electron chi connectivity index (χ1n) is 9.83. The van der Waals surface area contributed by atoms with Gasteiger partial charge in [0.25, 0.3) is 0 Å². The molecule has 0 spiro atoms. The molecule has 0 saturated carbocycles. The minimum absolute atomic E-state index is 0.00165. The lowest BCUT2D eigenvalue weighted by Gasteiger charge is -2.18. The summed E-state index contributed by atoms with van der Waals surface area (Å²) in [4.78, 5) is 24.1. The normalized spacial score (nSPS) is 14.7. The highest BCUT2D eigenvalue weighted by Crippen LogP contribution is 2.16. The molecule has 0 bridgehead atoms. The molecule has 0 aromatic carbocycles. The number of carbonyl (C=O) groups excluding carboxylic acids is 2. The molecule has 0 radical (unpaired) electrons. The van der Waals surface area contributed by atoms with E-state index in [0.29, 0.717) is 13.2 Å². The molecular formula is C20H38O4. The number of hydrogen-bond acceptors (Lipinski definition) is 4. The largest absolute Gasteiger partial charge is 0.465 e. The Morgan fingerprint density at radius 2 is 1.12 bits per heavy atom. The fourth-order valence-corrected chi connectivity index (χ4v) is 2.61. The second-order valence-electron chi connectivity index (χ2n) is 6.86. The molecule has 4 nitrogen and oxygen atoms in total. The first-order valence-corrected chi connectivity index (χ1v) is 9.83. The van der Waals surface area contributed by atoms with Crippen LogP contribution >= 0.6 is 0 Å². The van der Waals surface area contributed by atoms with Gasteiger partial charge in [-0.25, -0.2) is 0 Å². The predicted octanol–water partition coefficient (Wildman–Crippen LogP) is 5.14. The molecule has 0 saturated heterocycles. The van der Waals surface area contributed by atoms with E-state index in [1.165, 1.54) is 0 Å². The van der Waals surface area contributed by atoms with Gasteiger partial charge in [-0.2, -0.15) is 0 Å². The van der Waals surface area contributed by atoms with Crippen molar-refractivity contribution in [2.45, 2.75) is 86.0 Å². The van der Waals surface area contributed by atoms with Crippen molar-refractivity contribution in [2.75, 3.05) is 13.2 Å². The van der Waals surface area contributed by atoms with Crippen LogP contribution in [-0.2, 0) is 19.1 Å². The number of esters is 2. The van der Waals surface area contributed by atoms with E-state index in [0.717, 1.165) is 51.4 Å². The summed E-state index contributed by atoms with van der Waals surface area (Å²) in [6, 6.07) is 0. The van der Waals surface area contributed by atoms with Gasteiger partial charge in [0.15, 0.2) is 0 Å². The monoisotopic (exact) mass is 342 g/mol. The molecule has 24 heavy (non-hydrogen) atoms. The van der Waals surface area contributed by atoms with Crippen LogP contribution in [0.3, 0.4) is 0 Å². The van der Waals surface area contributed by atoms with E-state index in [4.69, 9.17) is 9.47 Å². The maximum Gasteiger partial charge on any atom is 0.308 e. The van der Waals surface area contributed by atoms with E-state index < -0.39 is 0 Å². The lowest BCUT2D eigenvalue weighted by Crippen LogP contribution is -2.24. The molecule has 0 rings (SSSR count). The van der Waals surface area contributed by atoms with Crippen LogP contribution in [0.1, 0.15) is 86.0 Å². The zero-order valence-electron chi connectivity index (χ0n) is 16.4. The van der Waals surface area contributed by atoms with Gasteiger partial charge in [0, 0.05) is 5.92 Å². The minimum atomic E-state index is -0.112. The maximum atomic E-state index is 12.1. The Morgan fingerprint density at radius 3 is 1.42 bits per heavy atom. The fraction of sp³-hybridized carbons (Fsp3) is 0.900. The summed E-state index contributed by atoms with van der Waals surface area (Å²) in [6.07, 6.45) is 7.71. The van der Waals surface area contributed by atoms with Gasteiger partial charge in [-0.3, -0.25) is 9.59 Å². The summed E-state index contributed by atoms with van der Waals surface area (Å²) >= 11 is 0. The molecule has 0 fully saturated rings. The number of ether oxygens (including phenoxy) is 2. The van der Waals surface area contributed by atoms with E-state index in [2.05, 4.69) is 13.8 Å². The third-order valence-corrected chi connectivity index (χ3v) is 4.48. The van der Waals surface area contributed by atoms with E-state index in [1.807, 2.05) is 20.8 Å². The van der Waals surface area contributed by atoms with Crippen molar-refractivity contribution in [3.63, 3.8) is 0 Å². The van der Waals surface area contributed by atoms with Crippen molar-refractivity contribution < 1.29 is 19.1 Å². The molecule has 0 aliphatic rings. The first-order chi connectivity index (χ1) is 11.5. The summed E-state index contributed by atoms with van der Waals surface area (Å²) in [7, 11) is 0. The molecular weight excluding hydrogens is 304 g/mol. The smallest absolute Gasteiger partial charge is 0.308 e. The molecule has 0 aliphatic carbocycles. The number of hydrogen-bond donors (Lipinski definition) is 0. The van der Waals surface area contributed by atoms with Crippen molar-refractivity contribution in [2.24, 2.45) is 17.8 Å². The number of unbranched alkanes of at least 4 members (excludes halogenated alkanes) is 2. The van der Waals surface area contributed by atoms with Crippen LogP contribution in [0.4, 0.5) is 0 Å². The molecule has 2 unspecified atom stereocenters. The SMILES string of the molecule is CCCCC(CC)C(=O)OCC(C)COC(=O)C(CC)CCCC. The third kappa shape index (κ3) is 9.94. The summed E-state index contributed by atoms with van der Waals surface area (Å²) in [5.74, 6) is -0.196. The standard InChI is InChI=1S/C20H38O4/c1-6-10-12-17(8-3)19(21)23-14-16(5)15-24-20(22)18(9-4)13-11-7-2/h16-18H,6-15H2,1-5H3. The highest BCUT2D eigenvalue weighted by atomic mass is 16.5. The molecule has 0 N–H and O–H groups in total. The van der Waals surface area contributed by atoms with Crippen LogP contribution in [0.25, 0.3) is 0 Å². The average molecular weight is 343 g/mol. The van der Waals surface area contributed by atoms with E-state index in [1.54, 1.807) is 0 Å². The van der Waals surface area contributed by atoms with Crippen LogP contribution in [0.2, 0.25) is 0 Å². The lowest BCUT2D eigenvalue weighted by atomic mass is 9.99. The summed E-state index contributed by atoms with van der Waals surface area (Å²) in [6.45, 7) is 10.9. The van der Waals surface area contributed by atoms with Gasteiger partial charge >= 0.3 is 11.9 Å². The second-order valence-corrected chi connectivity index (χ2v) is 6.86. The Kier molecular flexibility index (Phi) is 13.7. The molecule has 0 aliphatic heterocycles. The quantitative estimate of drug-likeness (QED) is 0.410. The van der Waals surface area contributed by atoms with Gasteiger partial charge in [-0.1, -0.05) is 60.3 Å². The second kappa shape index (κ2) is 14.3. The third-order valence-electron chi connectivity index (χ3n) is 4.48. The van der Waals surface area contributed by atoms with Gasteiger partial charge < -0.3 is 9.47 Å². The van der Waals surface area contributed by atoms with Crippen molar-refractivity contribution in [3.05, 3.63) is 0 Å². The van der Waals surface area contributed by atoms with Crippen LogP contribution in [0.15, 0.2) is 0 Å².